The molecule has 0 bridgehead atoms. The third-order valence-electron chi connectivity index (χ3n) is 4.10. The number of fused-ring (bicyclic) bond motifs is 3. The summed E-state index contributed by atoms with van der Waals surface area (Å²) in [5.41, 5.74) is 1.76. The third-order valence-corrected chi connectivity index (χ3v) is 4.10. The van der Waals surface area contributed by atoms with Crippen molar-refractivity contribution in [3.63, 3.8) is 0 Å². The van der Waals surface area contributed by atoms with E-state index in [9.17, 15) is 9.59 Å². The van der Waals surface area contributed by atoms with Crippen LogP contribution in [0.1, 0.15) is 11.3 Å². The number of furan rings is 1. The highest BCUT2D eigenvalue weighted by molar-refractivity contribution is 5.87. The van der Waals surface area contributed by atoms with Crippen LogP contribution in [-0.2, 0) is 31.9 Å². The number of methoxy groups -OCH3 is 2. The summed E-state index contributed by atoms with van der Waals surface area (Å²) in [7, 11) is 2.66. The zero-order valence-corrected chi connectivity index (χ0v) is 11.9. The zero-order chi connectivity index (χ0) is 15.0. The molecule has 1 heterocycles. The highest BCUT2D eigenvalue weighted by Gasteiger charge is 2.41. The minimum absolute atomic E-state index is 0.358. The van der Waals surface area contributed by atoms with Crippen molar-refractivity contribution in [3.05, 3.63) is 35.6 Å². The van der Waals surface area contributed by atoms with Gasteiger partial charge in [0.2, 0.25) is 0 Å². The standard InChI is InChI=1S/C16H16O5/c1-19-15(17)11-7-10-9-5-3-4-6-13(9)21-14(10)8-12(11)16(18)20-2/h3-6,11-12H,7-8H2,1-2H3/t11-,12-/m0/s1. The van der Waals surface area contributed by atoms with Crippen LogP contribution in [0.4, 0.5) is 0 Å². The predicted octanol–water partition coefficient (Wildman–Crippen LogP) is 2.11. The van der Waals surface area contributed by atoms with Crippen LogP contribution in [-0.4, -0.2) is 26.2 Å². The fourth-order valence-electron chi connectivity index (χ4n) is 3.04. The van der Waals surface area contributed by atoms with E-state index in [-0.39, 0.29) is 5.97 Å². The van der Waals surface area contributed by atoms with Crippen molar-refractivity contribution in [1.29, 1.82) is 0 Å². The van der Waals surface area contributed by atoms with Crippen LogP contribution in [0.15, 0.2) is 28.7 Å². The number of ether oxygens (including phenoxy) is 2. The van der Waals surface area contributed by atoms with Gasteiger partial charge in [0.1, 0.15) is 11.3 Å². The molecule has 0 saturated heterocycles. The summed E-state index contributed by atoms with van der Waals surface area (Å²) in [6, 6.07) is 7.67. The van der Waals surface area contributed by atoms with Crippen molar-refractivity contribution >= 4 is 22.9 Å². The minimum atomic E-state index is -0.560. The molecule has 0 fully saturated rings. The molecule has 110 valence electrons. The van der Waals surface area contributed by atoms with Gasteiger partial charge in [0, 0.05) is 17.4 Å². The van der Waals surface area contributed by atoms with Gasteiger partial charge in [0.05, 0.1) is 26.1 Å². The molecule has 1 aliphatic carbocycles. The van der Waals surface area contributed by atoms with Gasteiger partial charge in [-0.1, -0.05) is 18.2 Å². The third kappa shape index (κ3) is 2.18. The molecule has 0 saturated carbocycles. The fourth-order valence-corrected chi connectivity index (χ4v) is 3.04. The van der Waals surface area contributed by atoms with Gasteiger partial charge in [0.15, 0.2) is 0 Å². The van der Waals surface area contributed by atoms with Crippen molar-refractivity contribution in [3.8, 4) is 0 Å². The van der Waals surface area contributed by atoms with Gasteiger partial charge in [-0.05, 0) is 12.5 Å². The number of hydrogen-bond donors (Lipinski definition) is 0. The van der Waals surface area contributed by atoms with Crippen LogP contribution < -0.4 is 0 Å². The first-order valence-electron chi connectivity index (χ1n) is 6.80. The van der Waals surface area contributed by atoms with Crippen molar-refractivity contribution in [2.75, 3.05) is 14.2 Å². The van der Waals surface area contributed by atoms with Crippen LogP contribution in [0.3, 0.4) is 0 Å². The van der Waals surface area contributed by atoms with E-state index in [0.717, 1.165) is 22.3 Å². The summed E-state index contributed by atoms with van der Waals surface area (Å²) >= 11 is 0. The lowest BCUT2D eigenvalue weighted by Gasteiger charge is -2.26. The van der Waals surface area contributed by atoms with E-state index in [4.69, 9.17) is 13.9 Å². The number of hydrogen-bond acceptors (Lipinski definition) is 5. The largest absolute Gasteiger partial charge is 0.469 e. The quantitative estimate of drug-likeness (QED) is 0.792. The number of esters is 2. The van der Waals surface area contributed by atoms with E-state index >= 15 is 0 Å². The lowest BCUT2D eigenvalue weighted by molar-refractivity contribution is -0.158. The second-order valence-corrected chi connectivity index (χ2v) is 5.17. The van der Waals surface area contributed by atoms with Gasteiger partial charge in [-0.25, -0.2) is 0 Å². The highest BCUT2D eigenvalue weighted by Crippen LogP contribution is 2.37. The number of carbonyl (C=O) groups is 2. The number of benzene rings is 1. The Labute approximate surface area is 121 Å². The molecule has 3 rings (SSSR count). The van der Waals surface area contributed by atoms with Gasteiger partial charge >= 0.3 is 11.9 Å². The Bertz CT molecular complexity index is 700. The van der Waals surface area contributed by atoms with Crippen molar-refractivity contribution in [2.45, 2.75) is 12.8 Å². The molecule has 0 N–H and O–H groups in total. The van der Waals surface area contributed by atoms with Crippen molar-refractivity contribution < 1.29 is 23.5 Å². The van der Waals surface area contributed by atoms with E-state index < -0.39 is 17.8 Å². The SMILES string of the molecule is COC(=O)[C@H]1Cc2oc3ccccc3c2C[C@@H]1C(=O)OC. The summed E-state index contributed by atoms with van der Waals surface area (Å²) in [4.78, 5) is 24.0. The molecule has 0 spiro atoms. The molecule has 21 heavy (non-hydrogen) atoms. The molecular formula is C16H16O5. The predicted molar refractivity (Wildman–Crippen MR) is 74.6 cm³/mol. The molecule has 0 unspecified atom stereocenters. The van der Waals surface area contributed by atoms with Gasteiger partial charge in [-0.15, -0.1) is 0 Å². The first-order valence-corrected chi connectivity index (χ1v) is 6.80. The van der Waals surface area contributed by atoms with Crippen molar-refractivity contribution in [1.82, 2.24) is 0 Å². The molecule has 2 atom stereocenters. The molecule has 5 nitrogen and oxygen atoms in total. The summed E-state index contributed by atoms with van der Waals surface area (Å²) in [6.45, 7) is 0. The Morgan fingerprint density at radius 3 is 2.33 bits per heavy atom. The summed E-state index contributed by atoms with van der Waals surface area (Å²) in [6.07, 6.45) is 0.787. The average molecular weight is 288 g/mol. The molecule has 5 heteroatoms. The number of rotatable bonds is 2. The lowest BCUT2D eigenvalue weighted by atomic mass is 9.78. The van der Waals surface area contributed by atoms with Gasteiger partial charge < -0.3 is 13.9 Å². The lowest BCUT2D eigenvalue weighted by Crippen LogP contribution is -2.37. The summed E-state index contributed by atoms with van der Waals surface area (Å²) < 4.78 is 15.5. The minimum Gasteiger partial charge on any atom is -0.469 e. The fraction of sp³-hybridized carbons (Fsp3) is 0.375. The van der Waals surface area contributed by atoms with Gasteiger partial charge in [-0.3, -0.25) is 9.59 Å². The van der Waals surface area contributed by atoms with E-state index in [1.807, 2.05) is 24.3 Å². The van der Waals surface area contributed by atoms with E-state index in [1.165, 1.54) is 14.2 Å². The van der Waals surface area contributed by atoms with Gasteiger partial charge in [-0.2, -0.15) is 0 Å². The van der Waals surface area contributed by atoms with Gasteiger partial charge in [0.25, 0.3) is 0 Å². The molecule has 1 aliphatic rings. The number of carbonyl (C=O) groups excluding carboxylic acids is 2. The highest BCUT2D eigenvalue weighted by atomic mass is 16.5. The topological polar surface area (TPSA) is 65.7 Å². The normalized spacial score (nSPS) is 20.9. The maximum Gasteiger partial charge on any atom is 0.310 e. The average Bonchev–Trinajstić information content (AvgIpc) is 2.89. The summed E-state index contributed by atoms with van der Waals surface area (Å²) in [5, 5.41) is 0.990. The van der Waals surface area contributed by atoms with Crippen LogP contribution in [0.2, 0.25) is 0 Å². The van der Waals surface area contributed by atoms with Crippen LogP contribution in [0.25, 0.3) is 11.0 Å². The molecule has 1 aromatic heterocycles. The molecule has 0 radical (unpaired) electrons. The zero-order valence-electron chi connectivity index (χ0n) is 11.9. The second kappa shape index (κ2) is 5.24. The van der Waals surface area contributed by atoms with Crippen LogP contribution >= 0.6 is 0 Å². The Kier molecular flexibility index (Phi) is 3.41. The smallest absolute Gasteiger partial charge is 0.310 e. The molecule has 0 amide bonds. The molecule has 2 aromatic rings. The van der Waals surface area contributed by atoms with Crippen LogP contribution in [0, 0.1) is 11.8 Å². The maximum atomic E-state index is 12.0. The van der Waals surface area contributed by atoms with E-state index in [2.05, 4.69) is 0 Å². The first-order chi connectivity index (χ1) is 10.2. The summed E-state index contributed by atoms with van der Waals surface area (Å²) in [5.74, 6) is -1.13. The Hall–Kier alpha value is -2.30. The van der Waals surface area contributed by atoms with Crippen LogP contribution in [0.5, 0.6) is 0 Å². The van der Waals surface area contributed by atoms with Crippen molar-refractivity contribution in [2.24, 2.45) is 11.8 Å². The Balaban J connectivity index is 2.07. The monoisotopic (exact) mass is 288 g/mol. The maximum absolute atomic E-state index is 12.0. The molecule has 0 aliphatic heterocycles. The van der Waals surface area contributed by atoms with E-state index in [1.54, 1.807) is 0 Å². The first kappa shape index (κ1) is 13.7. The Morgan fingerprint density at radius 1 is 1.05 bits per heavy atom. The van der Waals surface area contributed by atoms with E-state index in [0.29, 0.717) is 12.8 Å². The number of para-hydroxylation sites is 1. The molecule has 1 aromatic carbocycles. The second-order valence-electron chi connectivity index (χ2n) is 5.17. The Morgan fingerprint density at radius 2 is 1.67 bits per heavy atom. The molecular weight excluding hydrogens is 272 g/mol.